The van der Waals surface area contributed by atoms with Gasteiger partial charge in [0.2, 0.25) is 26.3 Å². The predicted octanol–water partition coefficient (Wildman–Crippen LogP) is 8.62. The van der Waals surface area contributed by atoms with Crippen molar-refractivity contribution < 1.29 is 27.7 Å². The van der Waals surface area contributed by atoms with Crippen LogP contribution in [0.15, 0.2) is 58.1 Å². The van der Waals surface area contributed by atoms with Crippen molar-refractivity contribution in [1.29, 1.82) is 0 Å². The van der Waals surface area contributed by atoms with E-state index in [1.807, 2.05) is 20.8 Å². The average molecular weight is 952 g/mol. The number of fused-ring (bicyclic) bond motifs is 2. The van der Waals surface area contributed by atoms with E-state index in [9.17, 15) is 13.9 Å². The summed E-state index contributed by atoms with van der Waals surface area (Å²) in [5, 5.41) is 26.6. The van der Waals surface area contributed by atoms with Crippen LogP contribution in [0.25, 0.3) is 32.4 Å². The van der Waals surface area contributed by atoms with Gasteiger partial charge in [-0.05, 0) is 86.4 Å². The van der Waals surface area contributed by atoms with Crippen molar-refractivity contribution in [2.24, 2.45) is 11.8 Å². The largest absolute Gasteiger partial charge is 0.466 e. The number of ether oxygens (including phenoxy) is 1. The van der Waals surface area contributed by atoms with Crippen LogP contribution in [0.1, 0.15) is 90.7 Å². The molecule has 8 aromatic rings. The maximum Gasteiger partial charge on any atom is 0.324 e. The number of rotatable bonds is 10. The van der Waals surface area contributed by atoms with Crippen molar-refractivity contribution in [1.82, 2.24) is 59.4 Å². The van der Waals surface area contributed by atoms with Gasteiger partial charge in [-0.3, -0.25) is 0 Å². The minimum absolute atomic E-state index is 0.0238. The molecule has 0 spiro atoms. The van der Waals surface area contributed by atoms with E-state index in [0.717, 1.165) is 63.5 Å². The molecule has 8 aromatic heterocycles. The van der Waals surface area contributed by atoms with Crippen LogP contribution >= 0.6 is 34.3 Å². The van der Waals surface area contributed by atoms with Crippen LogP contribution < -0.4 is 14.5 Å². The summed E-state index contributed by atoms with van der Waals surface area (Å²) in [6, 6.07) is 7.32. The van der Waals surface area contributed by atoms with Crippen LogP contribution in [-0.4, -0.2) is 103 Å². The zero-order valence-electron chi connectivity index (χ0n) is 36.6. The van der Waals surface area contributed by atoms with Crippen LogP contribution in [0.4, 0.5) is 20.8 Å². The Balaban J connectivity index is 0.000000147. The maximum absolute atomic E-state index is 13.4. The summed E-state index contributed by atoms with van der Waals surface area (Å²) < 4.78 is 46.8. The van der Waals surface area contributed by atoms with Gasteiger partial charge in [-0.1, -0.05) is 49.3 Å². The zero-order valence-corrected chi connectivity index (χ0v) is 39.0. The van der Waals surface area contributed by atoms with Gasteiger partial charge in [0.15, 0.2) is 11.6 Å². The molecule has 10 heterocycles. The summed E-state index contributed by atoms with van der Waals surface area (Å²) in [5.74, 6) is 1.80. The van der Waals surface area contributed by atoms with Crippen LogP contribution in [0.3, 0.4) is 0 Å². The lowest BCUT2D eigenvalue weighted by atomic mass is 9.92. The van der Waals surface area contributed by atoms with Crippen molar-refractivity contribution >= 4 is 56.2 Å². The average Bonchev–Trinajstić information content (AvgIpc) is 4.15. The molecule has 2 aliphatic rings. The smallest absolute Gasteiger partial charge is 0.324 e. The second kappa shape index (κ2) is 20.2. The minimum Gasteiger partial charge on any atom is -0.466 e. The summed E-state index contributed by atoms with van der Waals surface area (Å²) in [5.41, 5.74) is 2.64. The Labute approximate surface area is 385 Å². The summed E-state index contributed by atoms with van der Waals surface area (Å²) in [6.45, 7) is 15.6. The van der Waals surface area contributed by atoms with Gasteiger partial charge in [-0.25, -0.2) is 29.0 Å². The Hall–Kier alpha value is -5.71. The van der Waals surface area contributed by atoms with E-state index in [1.165, 1.54) is 47.2 Å². The molecular weight excluding hydrogens is 902 g/mol. The van der Waals surface area contributed by atoms with Crippen LogP contribution in [0.2, 0.25) is 4.47 Å². The summed E-state index contributed by atoms with van der Waals surface area (Å²) in [6.07, 6.45) is 10.0. The lowest BCUT2D eigenvalue weighted by molar-refractivity contribution is 0.109. The highest BCUT2D eigenvalue weighted by atomic mass is 35.5. The zero-order chi connectivity index (χ0) is 45.8. The van der Waals surface area contributed by atoms with Crippen molar-refractivity contribution in [3.63, 3.8) is 0 Å². The molecule has 0 unspecified atom stereocenters. The van der Waals surface area contributed by atoms with E-state index in [-0.39, 0.29) is 18.1 Å². The first-order valence-corrected chi connectivity index (χ1v) is 23.4. The van der Waals surface area contributed by atoms with E-state index in [1.54, 1.807) is 33.6 Å². The fraction of sp³-hybridized carbons (Fsp3) is 0.476. The van der Waals surface area contributed by atoms with E-state index in [0.29, 0.717) is 71.9 Å². The Morgan fingerprint density at radius 3 is 1.60 bits per heavy atom. The highest BCUT2D eigenvalue weighted by molar-refractivity contribution is 7.20. The first kappa shape index (κ1) is 45.8. The topological polar surface area (TPSA) is 200 Å². The number of hydrogen-bond donors (Lipinski definition) is 1. The third kappa shape index (κ3) is 11.2. The van der Waals surface area contributed by atoms with Crippen LogP contribution in [0.5, 0.6) is 5.19 Å². The number of aromatic nitrogens is 12. The van der Waals surface area contributed by atoms with E-state index >= 15 is 0 Å². The molecule has 2 atom stereocenters. The first-order valence-electron chi connectivity index (χ1n) is 21.4. The maximum atomic E-state index is 13.4. The van der Waals surface area contributed by atoms with E-state index in [4.69, 9.17) is 25.4 Å². The molecule has 10 rings (SSSR count). The van der Waals surface area contributed by atoms with Gasteiger partial charge in [0.25, 0.3) is 5.19 Å². The lowest BCUT2D eigenvalue weighted by Gasteiger charge is -2.33. The van der Waals surface area contributed by atoms with Crippen molar-refractivity contribution in [2.75, 3.05) is 36.0 Å². The Morgan fingerprint density at radius 2 is 1.17 bits per heavy atom. The van der Waals surface area contributed by atoms with Gasteiger partial charge >= 0.3 is 12.0 Å². The SMILES string of the molecule is CC(C)c1noc(N2CCC([C@H](C)O)CC2)n1.CC(C)c1noc(N2CCC([C@H](C)Oc3nn4cc(-c5ccnc(F)c5)nc4s3)CC2)n1.Fc1cc(-c2cn3nc(Cl)sc3n2)ccn1. The molecule has 0 aromatic carbocycles. The molecule has 0 aliphatic carbocycles. The second-order valence-corrected chi connectivity index (χ2v) is 19.0. The molecule has 0 amide bonds. The molecule has 65 heavy (non-hydrogen) atoms. The normalized spacial score (nSPS) is 15.9. The van der Waals surface area contributed by atoms with Gasteiger partial charge in [0.1, 0.15) is 6.10 Å². The molecule has 2 aliphatic heterocycles. The number of pyridine rings is 2. The number of anilines is 2. The van der Waals surface area contributed by atoms with Crippen LogP contribution in [0, 0.1) is 23.7 Å². The first-order chi connectivity index (χ1) is 31.3. The molecule has 2 saturated heterocycles. The molecule has 23 heteroatoms. The minimum atomic E-state index is -0.532. The molecule has 2 fully saturated rings. The fourth-order valence-corrected chi connectivity index (χ4v) is 9.09. The molecule has 18 nitrogen and oxygen atoms in total. The van der Waals surface area contributed by atoms with Crippen LogP contribution in [-0.2, 0) is 0 Å². The number of hydrogen-bond acceptors (Lipinski definition) is 18. The molecule has 344 valence electrons. The number of halogens is 3. The van der Waals surface area contributed by atoms with Crippen molar-refractivity contribution in [3.05, 3.63) is 77.1 Å². The third-order valence-electron chi connectivity index (χ3n) is 11.2. The number of nitrogens with zero attached hydrogens (tertiary/aromatic N) is 14. The number of imidazole rings is 2. The molecule has 1 N–H and O–H groups in total. The molecule has 0 saturated carbocycles. The standard InChI is InChI=1S/C21H24FN7O2S.C12H21N3O2.C9H4ClFN4S/c1-12(2)18-25-19(31-27-18)28-8-5-14(6-9-28)13(3)30-21-26-29-11-16(24-20(29)32-21)15-4-7-23-17(22)10-15;1-8(2)11-13-12(17-14-11)15-6-4-10(5-7-15)9(3)16;10-8-14-15-4-6(13-9(15)16-8)5-1-2-12-7(11)3-5/h4,7,10-14H,5-6,8-9H2,1-3H3;8-10,16H,4-7H2,1-3H3;1-4H/t13-;9-;/m00./s1. The molecule has 0 radical (unpaired) electrons. The summed E-state index contributed by atoms with van der Waals surface area (Å²) >= 11 is 8.37. The summed E-state index contributed by atoms with van der Waals surface area (Å²) in [4.78, 5) is 30.4. The quantitative estimate of drug-likeness (QED) is 0.128. The third-order valence-corrected chi connectivity index (χ3v) is 13.1. The van der Waals surface area contributed by atoms with E-state index in [2.05, 4.69) is 81.0 Å². The Kier molecular flexibility index (Phi) is 14.3. The van der Waals surface area contributed by atoms with Crippen molar-refractivity contribution in [3.8, 4) is 27.7 Å². The monoisotopic (exact) mass is 950 g/mol. The molecular formula is C42H49ClF2N14O4S2. The van der Waals surface area contributed by atoms with Gasteiger partial charge in [-0.2, -0.15) is 18.7 Å². The Bertz CT molecular complexity index is 2730. The van der Waals surface area contributed by atoms with Crippen molar-refractivity contribution in [2.45, 2.75) is 91.3 Å². The second-order valence-electron chi connectivity index (χ2n) is 16.6. The highest BCUT2D eigenvalue weighted by Gasteiger charge is 2.29. The number of piperidine rings is 2. The number of aliphatic hydroxyl groups excluding tert-OH is 1. The fourth-order valence-electron chi connectivity index (χ4n) is 7.37. The van der Waals surface area contributed by atoms with E-state index < -0.39 is 11.9 Å². The number of aliphatic hydroxyl groups is 1. The van der Waals surface area contributed by atoms with Gasteiger partial charge in [0.05, 0.1) is 29.9 Å². The Morgan fingerprint density at radius 1 is 0.692 bits per heavy atom. The molecule has 0 bridgehead atoms. The summed E-state index contributed by atoms with van der Waals surface area (Å²) in [7, 11) is 0. The van der Waals surface area contributed by atoms with Gasteiger partial charge < -0.3 is 28.7 Å². The lowest BCUT2D eigenvalue weighted by Crippen LogP contribution is -2.38. The predicted molar refractivity (Wildman–Crippen MR) is 242 cm³/mol. The highest BCUT2D eigenvalue weighted by Crippen LogP contribution is 2.31. The van der Waals surface area contributed by atoms with Gasteiger partial charge in [-0.15, -0.1) is 10.2 Å². The van der Waals surface area contributed by atoms with Gasteiger partial charge in [0, 0.05) is 73.7 Å².